The van der Waals surface area contributed by atoms with Crippen molar-refractivity contribution in [1.29, 1.82) is 0 Å². The van der Waals surface area contributed by atoms with Gasteiger partial charge in [-0.15, -0.1) is 17.9 Å². The molecular weight excluding hydrogens is 330 g/mol. The lowest BCUT2D eigenvalue weighted by molar-refractivity contribution is -0.167. The van der Waals surface area contributed by atoms with Crippen LogP contribution in [-0.2, 0) is 9.63 Å². The van der Waals surface area contributed by atoms with Crippen molar-refractivity contribution in [1.82, 2.24) is 20.3 Å². The number of fused-ring (bicyclic) bond motifs is 1. The summed E-state index contributed by atoms with van der Waals surface area (Å²) in [5, 5.41) is 7.98. The number of hydroxylamine groups is 2. The predicted octanol–water partition coefficient (Wildman–Crippen LogP) is 1.65. The van der Waals surface area contributed by atoms with E-state index in [4.69, 9.17) is 10.4 Å². The normalized spacial score (nSPS) is 20.3. The molecule has 0 aliphatic carbocycles. The molecule has 2 heterocycles. The van der Waals surface area contributed by atoms with Gasteiger partial charge in [0.25, 0.3) is 0 Å². The molecule has 0 fully saturated rings. The lowest BCUT2D eigenvalue weighted by Crippen LogP contribution is -2.47. The molecule has 1 amide bonds. The first-order chi connectivity index (χ1) is 11.6. The Balaban J connectivity index is 2.12. The molecule has 1 aromatic rings. The van der Waals surface area contributed by atoms with Gasteiger partial charge in [-0.05, 0) is 12.6 Å². The van der Waals surface area contributed by atoms with E-state index >= 15 is 0 Å². The third-order valence-electron chi connectivity index (χ3n) is 3.74. The fourth-order valence-corrected chi connectivity index (χ4v) is 3.57. The third kappa shape index (κ3) is 4.11. The molecule has 1 aliphatic rings. The Hall–Kier alpha value is -1.97. The molecule has 0 saturated carbocycles. The Labute approximate surface area is 144 Å². The van der Waals surface area contributed by atoms with E-state index in [2.05, 4.69) is 26.9 Å². The summed E-state index contributed by atoms with van der Waals surface area (Å²) in [5.74, 6) is -0.147. The monoisotopic (exact) mass is 351 g/mol. The minimum absolute atomic E-state index is 0.00434. The zero-order chi connectivity index (χ0) is 17.5. The van der Waals surface area contributed by atoms with Gasteiger partial charge < -0.3 is 5.32 Å². The maximum absolute atomic E-state index is 12.5. The summed E-state index contributed by atoms with van der Waals surface area (Å²) in [5.41, 5.74) is 10.8. The lowest BCUT2D eigenvalue weighted by Gasteiger charge is -2.38. The van der Waals surface area contributed by atoms with Gasteiger partial charge in [0, 0.05) is 31.6 Å². The van der Waals surface area contributed by atoms with E-state index < -0.39 is 6.04 Å². The van der Waals surface area contributed by atoms with Crippen LogP contribution in [0.4, 0.5) is 0 Å². The SMILES string of the molecule is C=CCON(C)C1CN(C)C(C(=O)NCCN=[N+]=[N-])c2ncsc21. The zero-order valence-corrected chi connectivity index (χ0v) is 14.6. The number of carbonyl (C=O) groups excluding carboxylic acids is 1. The summed E-state index contributed by atoms with van der Waals surface area (Å²) < 4.78 is 0. The van der Waals surface area contributed by atoms with Gasteiger partial charge in [-0.3, -0.25) is 14.5 Å². The highest BCUT2D eigenvalue weighted by Crippen LogP contribution is 2.38. The molecule has 2 atom stereocenters. The average Bonchev–Trinajstić information content (AvgIpc) is 3.04. The third-order valence-corrected chi connectivity index (χ3v) is 4.69. The van der Waals surface area contributed by atoms with E-state index in [9.17, 15) is 4.79 Å². The Kier molecular flexibility index (Phi) is 6.71. The van der Waals surface area contributed by atoms with Crippen LogP contribution in [0.15, 0.2) is 23.3 Å². The van der Waals surface area contributed by atoms with Gasteiger partial charge in [0.1, 0.15) is 6.04 Å². The second kappa shape index (κ2) is 8.76. The van der Waals surface area contributed by atoms with Crippen LogP contribution in [-0.4, -0.2) is 61.2 Å². The van der Waals surface area contributed by atoms with Gasteiger partial charge in [0.15, 0.2) is 0 Å². The zero-order valence-electron chi connectivity index (χ0n) is 13.8. The Morgan fingerprint density at radius 1 is 1.79 bits per heavy atom. The van der Waals surface area contributed by atoms with Gasteiger partial charge in [0.2, 0.25) is 5.91 Å². The first kappa shape index (κ1) is 18.4. The Morgan fingerprint density at radius 2 is 2.58 bits per heavy atom. The van der Waals surface area contributed by atoms with Gasteiger partial charge in [0.05, 0.1) is 28.7 Å². The summed E-state index contributed by atoms with van der Waals surface area (Å²) in [7, 11) is 3.75. The molecule has 10 heteroatoms. The number of aromatic nitrogens is 1. The molecule has 0 spiro atoms. The van der Waals surface area contributed by atoms with E-state index in [1.165, 1.54) is 11.3 Å². The molecule has 0 radical (unpaired) electrons. The number of hydrogen-bond donors (Lipinski definition) is 1. The highest BCUT2D eigenvalue weighted by molar-refractivity contribution is 7.09. The predicted molar refractivity (Wildman–Crippen MR) is 91.2 cm³/mol. The number of hydrogen-bond acceptors (Lipinski definition) is 7. The molecule has 0 aromatic carbocycles. The molecule has 1 aromatic heterocycles. The van der Waals surface area contributed by atoms with E-state index in [1.54, 1.807) is 16.6 Å². The van der Waals surface area contributed by atoms with Crippen molar-refractivity contribution in [2.75, 3.05) is 40.3 Å². The molecule has 2 rings (SSSR count). The largest absolute Gasteiger partial charge is 0.354 e. The number of carbonyl (C=O) groups is 1. The van der Waals surface area contributed by atoms with Crippen molar-refractivity contribution in [3.8, 4) is 0 Å². The molecule has 24 heavy (non-hydrogen) atoms. The summed E-state index contributed by atoms with van der Waals surface area (Å²) in [6.45, 7) is 5.24. The minimum Gasteiger partial charge on any atom is -0.354 e. The molecule has 9 nitrogen and oxygen atoms in total. The van der Waals surface area contributed by atoms with Gasteiger partial charge in [-0.25, -0.2) is 4.98 Å². The maximum atomic E-state index is 12.5. The van der Waals surface area contributed by atoms with Crippen LogP contribution < -0.4 is 5.32 Å². The molecule has 1 N–H and O–H groups in total. The van der Waals surface area contributed by atoms with Crippen LogP contribution >= 0.6 is 11.3 Å². The number of thiazole rings is 1. The van der Waals surface area contributed by atoms with Crippen LogP contribution in [0, 0.1) is 0 Å². The molecule has 0 saturated heterocycles. The molecular formula is C14H21N7O2S. The van der Waals surface area contributed by atoms with Crippen molar-refractivity contribution in [2.45, 2.75) is 12.1 Å². The molecule has 2 unspecified atom stereocenters. The second-order valence-electron chi connectivity index (χ2n) is 5.34. The molecule has 0 bridgehead atoms. The standard InChI is InChI=1S/C14H21N7O2S/c1-4-7-23-21(3)10-8-20(2)12(11-13(10)24-9-17-11)14(22)16-5-6-18-19-15/h4,9-10,12H,1,5-8H2,2-3H3,(H,16,22). The van der Waals surface area contributed by atoms with Crippen LogP contribution in [0.2, 0.25) is 0 Å². The van der Waals surface area contributed by atoms with Crippen LogP contribution in [0.1, 0.15) is 22.7 Å². The number of nitrogens with zero attached hydrogens (tertiary/aromatic N) is 6. The van der Waals surface area contributed by atoms with E-state index in [0.29, 0.717) is 19.7 Å². The first-order valence-corrected chi connectivity index (χ1v) is 8.36. The van der Waals surface area contributed by atoms with E-state index in [-0.39, 0.29) is 18.5 Å². The Bertz CT molecular complexity index is 628. The van der Waals surface area contributed by atoms with Crippen molar-refractivity contribution in [3.05, 3.63) is 39.2 Å². The molecule has 130 valence electrons. The lowest BCUT2D eigenvalue weighted by atomic mass is 10.0. The number of rotatable bonds is 8. The van der Waals surface area contributed by atoms with Crippen molar-refractivity contribution in [2.24, 2.45) is 5.11 Å². The number of azide groups is 1. The van der Waals surface area contributed by atoms with E-state index in [1.807, 2.05) is 19.0 Å². The highest BCUT2D eigenvalue weighted by Gasteiger charge is 2.39. The number of likely N-dealkylation sites (N-methyl/N-ethyl adjacent to an activating group) is 2. The summed E-state index contributed by atoms with van der Waals surface area (Å²) in [6.07, 6.45) is 1.69. The van der Waals surface area contributed by atoms with Crippen molar-refractivity contribution < 1.29 is 9.63 Å². The first-order valence-electron chi connectivity index (χ1n) is 7.48. The Morgan fingerprint density at radius 3 is 3.29 bits per heavy atom. The highest BCUT2D eigenvalue weighted by atomic mass is 32.1. The van der Waals surface area contributed by atoms with Gasteiger partial charge in [-0.2, -0.15) is 5.06 Å². The van der Waals surface area contributed by atoms with Crippen LogP contribution in [0.3, 0.4) is 0 Å². The quantitative estimate of drug-likeness (QED) is 0.191. The smallest absolute Gasteiger partial charge is 0.243 e. The molecule has 1 aliphatic heterocycles. The maximum Gasteiger partial charge on any atom is 0.243 e. The van der Waals surface area contributed by atoms with Crippen molar-refractivity contribution in [3.63, 3.8) is 0 Å². The average molecular weight is 351 g/mol. The summed E-state index contributed by atoms with van der Waals surface area (Å²) in [4.78, 5) is 28.2. The van der Waals surface area contributed by atoms with Crippen LogP contribution in [0.5, 0.6) is 0 Å². The number of nitrogens with one attached hydrogen (secondary N) is 1. The summed E-state index contributed by atoms with van der Waals surface area (Å²) >= 11 is 1.52. The van der Waals surface area contributed by atoms with Gasteiger partial charge >= 0.3 is 0 Å². The van der Waals surface area contributed by atoms with E-state index in [0.717, 1.165) is 10.6 Å². The topological polar surface area (TPSA) is 106 Å². The minimum atomic E-state index is -0.457. The van der Waals surface area contributed by atoms with Crippen LogP contribution in [0.25, 0.3) is 10.4 Å². The van der Waals surface area contributed by atoms with Gasteiger partial charge in [-0.1, -0.05) is 11.2 Å². The van der Waals surface area contributed by atoms with Crippen molar-refractivity contribution >= 4 is 17.2 Å². The fourth-order valence-electron chi connectivity index (χ4n) is 2.62. The summed E-state index contributed by atoms with van der Waals surface area (Å²) in [6, 6.07) is -0.453. The fraction of sp³-hybridized carbons (Fsp3) is 0.571. The second-order valence-corrected chi connectivity index (χ2v) is 6.22. The number of amides is 1.